The predicted molar refractivity (Wildman–Crippen MR) is 85.6 cm³/mol. The summed E-state index contributed by atoms with van der Waals surface area (Å²) in [4.78, 5) is 2.29. The molecule has 22 heavy (non-hydrogen) atoms. The minimum Gasteiger partial charge on any atom is -0.496 e. The summed E-state index contributed by atoms with van der Waals surface area (Å²) in [7, 11) is 3.84. The van der Waals surface area contributed by atoms with Gasteiger partial charge in [0.05, 0.1) is 7.11 Å². The van der Waals surface area contributed by atoms with Gasteiger partial charge in [0.1, 0.15) is 5.75 Å². The molecule has 0 saturated carbocycles. The fourth-order valence-electron chi connectivity index (χ4n) is 2.62. The van der Waals surface area contributed by atoms with Crippen molar-refractivity contribution in [3.8, 4) is 17.2 Å². The van der Waals surface area contributed by atoms with Gasteiger partial charge in [-0.3, -0.25) is 0 Å². The molecule has 0 bridgehead atoms. The zero-order valence-corrected chi connectivity index (χ0v) is 13.0. The fraction of sp³-hybridized carbons (Fsp3) is 0.333. The first-order chi connectivity index (χ1) is 10.8. The van der Waals surface area contributed by atoms with E-state index < -0.39 is 0 Å². The van der Waals surface area contributed by atoms with Crippen LogP contribution in [0, 0.1) is 0 Å². The van der Waals surface area contributed by atoms with E-state index in [4.69, 9.17) is 14.2 Å². The van der Waals surface area contributed by atoms with E-state index >= 15 is 0 Å². The Labute approximate surface area is 131 Å². The molecular formula is C18H21NO3. The lowest BCUT2D eigenvalue weighted by Crippen LogP contribution is -2.21. The maximum absolute atomic E-state index is 5.42. The van der Waals surface area contributed by atoms with Crippen LogP contribution in [0.4, 0.5) is 0 Å². The monoisotopic (exact) mass is 299 g/mol. The second kappa shape index (κ2) is 6.71. The summed E-state index contributed by atoms with van der Waals surface area (Å²) < 4.78 is 16.2. The van der Waals surface area contributed by atoms with Gasteiger partial charge >= 0.3 is 0 Å². The third-order valence-corrected chi connectivity index (χ3v) is 3.85. The Kier molecular flexibility index (Phi) is 4.49. The highest BCUT2D eigenvalue weighted by Gasteiger charge is 2.13. The first-order valence-electron chi connectivity index (χ1n) is 7.45. The van der Waals surface area contributed by atoms with Crippen molar-refractivity contribution in [1.29, 1.82) is 0 Å². The Hall–Kier alpha value is -2.20. The highest BCUT2D eigenvalue weighted by molar-refractivity contribution is 5.44. The minimum atomic E-state index is 0.326. The molecule has 116 valence electrons. The van der Waals surface area contributed by atoms with Gasteiger partial charge in [-0.2, -0.15) is 0 Å². The number of hydrogen-bond donors (Lipinski definition) is 0. The number of likely N-dealkylation sites (N-methyl/N-ethyl adjacent to an activating group) is 1. The summed E-state index contributed by atoms with van der Waals surface area (Å²) >= 11 is 0. The molecule has 0 saturated heterocycles. The Morgan fingerprint density at radius 3 is 2.77 bits per heavy atom. The van der Waals surface area contributed by atoms with Gasteiger partial charge in [-0.1, -0.05) is 24.3 Å². The summed E-state index contributed by atoms with van der Waals surface area (Å²) in [6, 6.07) is 14.3. The van der Waals surface area contributed by atoms with E-state index in [1.807, 2.05) is 24.3 Å². The van der Waals surface area contributed by atoms with Crippen LogP contribution in [-0.4, -0.2) is 32.4 Å². The molecule has 0 atom stereocenters. The second-order valence-electron chi connectivity index (χ2n) is 5.49. The lowest BCUT2D eigenvalue weighted by molar-refractivity contribution is 0.174. The van der Waals surface area contributed by atoms with Crippen LogP contribution in [0.15, 0.2) is 42.5 Å². The van der Waals surface area contributed by atoms with Crippen molar-refractivity contribution < 1.29 is 14.2 Å². The zero-order valence-electron chi connectivity index (χ0n) is 13.0. The molecule has 1 heterocycles. The van der Waals surface area contributed by atoms with Crippen LogP contribution in [0.5, 0.6) is 17.2 Å². The highest BCUT2D eigenvalue weighted by Crippen LogP contribution is 2.32. The molecule has 0 aliphatic carbocycles. The number of benzene rings is 2. The van der Waals surface area contributed by atoms with E-state index in [2.05, 4.69) is 30.1 Å². The maximum Gasteiger partial charge on any atom is 0.231 e. The number of ether oxygens (including phenoxy) is 3. The first kappa shape index (κ1) is 14.7. The third-order valence-electron chi connectivity index (χ3n) is 3.85. The molecule has 0 radical (unpaired) electrons. The average molecular weight is 299 g/mol. The van der Waals surface area contributed by atoms with Gasteiger partial charge in [0.2, 0.25) is 6.79 Å². The quantitative estimate of drug-likeness (QED) is 0.820. The summed E-state index contributed by atoms with van der Waals surface area (Å²) in [5, 5.41) is 0. The van der Waals surface area contributed by atoms with E-state index in [0.29, 0.717) is 6.79 Å². The van der Waals surface area contributed by atoms with Crippen LogP contribution in [0.3, 0.4) is 0 Å². The van der Waals surface area contributed by atoms with Gasteiger partial charge in [0.15, 0.2) is 11.5 Å². The summed E-state index contributed by atoms with van der Waals surface area (Å²) in [6.07, 6.45) is 0.974. The summed E-state index contributed by atoms with van der Waals surface area (Å²) in [5.74, 6) is 2.63. The smallest absolute Gasteiger partial charge is 0.231 e. The highest BCUT2D eigenvalue weighted by atomic mass is 16.7. The molecule has 0 spiro atoms. The van der Waals surface area contributed by atoms with Gasteiger partial charge in [-0.15, -0.1) is 0 Å². The van der Waals surface area contributed by atoms with Crippen molar-refractivity contribution in [3.05, 3.63) is 53.6 Å². The number of para-hydroxylation sites is 1. The lowest BCUT2D eigenvalue weighted by atomic mass is 10.1. The van der Waals surface area contributed by atoms with E-state index in [1.54, 1.807) is 7.11 Å². The van der Waals surface area contributed by atoms with Crippen molar-refractivity contribution in [1.82, 2.24) is 4.90 Å². The summed E-state index contributed by atoms with van der Waals surface area (Å²) in [6.45, 7) is 2.17. The molecule has 3 rings (SSSR count). The molecule has 2 aromatic carbocycles. The van der Waals surface area contributed by atoms with Crippen LogP contribution in [0.1, 0.15) is 11.1 Å². The molecule has 1 aliphatic heterocycles. The maximum atomic E-state index is 5.42. The van der Waals surface area contributed by atoms with Crippen LogP contribution in [0.25, 0.3) is 0 Å². The SMILES string of the molecule is COc1ccccc1CN(C)CCc1ccc2c(c1)OCO2. The van der Waals surface area contributed by atoms with E-state index in [9.17, 15) is 0 Å². The normalized spacial score (nSPS) is 12.7. The third kappa shape index (κ3) is 3.34. The van der Waals surface area contributed by atoms with Gasteiger partial charge < -0.3 is 19.1 Å². The van der Waals surface area contributed by atoms with Crippen molar-refractivity contribution in [2.75, 3.05) is 27.5 Å². The number of rotatable bonds is 6. The zero-order chi connectivity index (χ0) is 15.4. The minimum absolute atomic E-state index is 0.326. The molecule has 0 fully saturated rings. The van der Waals surface area contributed by atoms with Crippen molar-refractivity contribution in [2.45, 2.75) is 13.0 Å². The van der Waals surface area contributed by atoms with Crippen LogP contribution >= 0.6 is 0 Å². The van der Waals surface area contributed by atoms with Crippen LogP contribution in [0.2, 0.25) is 0 Å². The van der Waals surface area contributed by atoms with E-state index in [1.165, 1.54) is 11.1 Å². The summed E-state index contributed by atoms with van der Waals surface area (Å²) in [5.41, 5.74) is 2.47. The number of nitrogens with zero attached hydrogens (tertiary/aromatic N) is 1. The Bertz CT molecular complexity index is 642. The second-order valence-corrected chi connectivity index (χ2v) is 5.49. The molecule has 4 nitrogen and oxygen atoms in total. The lowest BCUT2D eigenvalue weighted by Gasteiger charge is -2.18. The molecule has 2 aromatic rings. The average Bonchev–Trinajstić information content (AvgIpc) is 3.01. The number of methoxy groups -OCH3 is 1. The van der Waals surface area contributed by atoms with Gasteiger partial charge in [0, 0.05) is 18.7 Å². The molecule has 4 heteroatoms. The molecule has 0 N–H and O–H groups in total. The Morgan fingerprint density at radius 2 is 1.91 bits per heavy atom. The molecule has 0 amide bonds. The molecular weight excluding hydrogens is 278 g/mol. The van der Waals surface area contributed by atoms with Gasteiger partial charge in [-0.25, -0.2) is 0 Å². The van der Waals surface area contributed by atoms with E-state index in [0.717, 1.165) is 36.8 Å². The molecule has 0 aromatic heterocycles. The van der Waals surface area contributed by atoms with Gasteiger partial charge in [0.25, 0.3) is 0 Å². The van der Waals surface area contributed by atoms with Gasteiger partial charge in [-0.05, 0) is 37.2 Å². The molecule has 1 aliphatic rings. The topological polar surface area (TPSA) is 30.9 Å². The Balaban J connectivity index is 1.57. The Morgan fingerprint density at radius 1 is 1.09 bits per heavy atom. The van der Waals surface area contributed by atoms with Crippen molar-refractivity contribution in [3.63, 3.8) is 0 Å². The van der Waals surface area contributed by atoms with E-state index in [-0.39, 0.29) is 0 Å². The van der Waals surface area contributed by atoms with Crippen molar-refractivity contribution >= 4 is 0 Å². The molecule has 0 unspecified atom stereocenters. The standard InChI is InChI=1S/C18H21NO3/c1-19(12-15-5-3-4-6-16(15)20-2)10-9-14-7-8-17-18(11-14)22-13-21-17/h3-8,11H,9-10,12-13H2,1-2H3. The first-order valence-corrected chi connectivity index (χ1v) is 7.45. The van der Waals surface area contributed by atoms with Crippen LogP contribution < -0.4 is 14.2 Å². The predicted octanol–water partition coefficient (Wildman–Crippen LogP) is 3.10. The largest absolute Gasteiger partial charge is 0.496 e. The number of hydrogen-bond acceptors (Lipinski definition) is 4. The fourth-order valence-corrected chi connectivity index (χ4v) is 2.62. The van der Waals surface area contributed by atoms with Crippen molar-refractivity contribution in [2.24, 2.45) is 0 Å². The number of fused-ring (bicyclic) bond motifs is 1. The van der Waals surface area contributed by atoms with Crippen LogP contribution in [-0.2, 0) is 13.0 Å².